The first-order valence-corrected chi connectivity index (χ1v) is 9.35. The van der Waals surface area contributed by atoms with Gasteiger partial charge in [0.25, 0.3) is 0 Å². The number of aliphatic imine (C=N–C) groups is 1. The van der Waals surface area contributed by atoms with Crippen LogP contribution in [0.4, 0.5) is 5.69 Å². The maximum atomic E-state index is 4.52. The standard InChI is InChI=1S/C19H25N5S/c1-15-22-17(14-25-15)13-23(3)19(20-2)21-12-16-7-6-8-18(11-16)24-9-4-5-10-24/h4-8,11,14H,9-10,12-13H2,1-3H3,(H,20,21). The van der Waals surface area contributed by atoms with Crippen LogP contribution in [0, 0.1) is 6.92 Å². The van der Waals surface area contributed by atoms with Crippen molar-refractivity contribution in [3.63, 3.8) is 0 Å². The summed E-state index contributed by atoms with van der Waals surface area (Å²) in [4.78, 5) is 13.4. The molecule has 0 amide bonds. The van der Waals surface area contributed by atoms with Crippen molar-refractivity contribution < 1.29 is 0 Å². The van der Waals surface area contributed by atoms with E-state index in [4.69, 9.17) is 0 Å². The lowest BCUT2D eigenvalue weighted by atomic mass is 10.2. The molecule has 2 heterocycles. The van der Waals surface area contributed by atoms with Crippen molar-refractivity contribution in [3.05, 3.63) is 58.1 Å². The Balaban J connectivity index is 1.58. The van der Waals surface area contributed by atoms with Gasteiger partial charge in [0.2, 0.25) is 0 Å². The van der Waals surface area contributed by atoms with Crippen LogP contribution >= 0.6 is 11.3 Å². The molecule has 1 aromatic carbocycles. The number of aromatic nitrogens is 1. The third-order valence-corrected chi connectivity index (χ3v) is 5.01. The summed E-state index contributed by atoms with van der Waals surface area (Å²) in [5.41, 5.74) is 3.60. The van der Waals surface area contributed by atoms with Gasteiger partial charge in [-0.3, -0.25) is 4.99 Å². The summed E-state index contributed by atoms with van der Waals surface area (Å²) in [6.07, 6.45) is 4.42. The molecule has 5 nitrogen and oxygen atoms in total. The van der Waals surface area contributed by atoms with Crippen LogP contribution < -0.4 is 10.2 Å². The second-order valence-corrected chi connectivity index (χ2v) is 7.22. The minimum atomic E-state index is 0.752. The van der Waals surface area contributed by atoms with Gasteiger partial charge >= 0.3 is 0 Å². The Hall–Kier alpha value is -2.34. The Kier molecular flexibility index (Phi) is 5.71. The fourth-order valence-corrected chi connectivity index (χ4v) is 3.52. The van der Waals surface area contributed by atoms with Gasteiger partial charge in [-0.05, 0) is 24.6 Å². The molecule has 1 N–H and O–H groups in total. The Morgan fingerprint density at radius 1 is 1.36 bits per heavy atom. The predicted molar refractivity (Wildman–Crippen MR) is 106 cm³/mol. The lowest BCUT2D eigenvalue weighted by Crippen LogP contribution is -2.38. The number of rotatable bonds is 5. The minimum absolute atomic E-state index is 0.752. The number of hydrogen-bond acceptors (Lipinski definition) is 4. The number of thiazole rings is 1. The average molecular weight is 356 g/mol. The zero-order chi connectivity index (χ0) is 17.6. The van der Waals surface area contributed by atoms with E-state index in [2.05, 4.69) is 66.9 Å². The minimum Gasteiger partial charge on any atom is -0.364 e. The zero-order valence-electron chi connectivity index (χ0n) is 15.1. The molecule has 0 atom stereocenters. The molecule has 0 radical (unpaired) electrons. The summed E-state index contributed by atoms with van der Waals surface area (Å²) in [5.74, 6) is 0.874. The van der Waals surface area contributed by atoms with Crippen LogP contribution in [0.2, 0.25) is 0 Å². The van der Waals surface area contributed by atoms with E-state index in [-0.39, 0.29) is 0 Å². The molecule has 0 bridgehead atoms. The van der Waals surface area contributed by atoms with E-state index in [0.717, 1.165) is 42.8 Å². The monoisotopic (exact) mass is 355 g/mol. The van der Waals surface area contributed by atoms with Crippen molar-refractivity contribution in [2.75, 3.05) is 32.1 Å². The molecule has 0 unspecified atom stereocenters. The van der Waals surface area contributed by atoms with Crippen LogP contribution in [0.25, 0.3) is 0 Å². The molecule has 1 aliphatic rings. The van der Waals surface area contributed by atoms with Crippen LogP contribution in [-0.4, -0.2) is 43.0 Å². The molecule has 6 heteroatoms. The molecule has 0 saturated carbocycles. The van der Waals surface area contributed by atoms with Crippen LogP contribution in [0.1, 0.15) is 16.3 Å². The highest BCUT2D eigenvalue weighted by molar-refractivity contribution is 7.09. The first-order valence-electron chi connectivity index (χ1n) is 8.47. The number of aryl methyl sites for hydroxylation is 1. The highest BCUT2D eigenvalue weighted by Gasteiger charge is 2.10. The first kappa shape index (κ1) is 17.5. The molecule has 0 saturated heterocycles. The third kappa shape index (κ3) is 4.60. The van der Waals surface area contributed by atoms with Gasteiger partial charge < -0.3 is 15.1 Å². The molecule has 0 fully saturated rings. The van der Waals surface area contributed by atoms with Gasteiger partial charge in [-0.15, -0.1) is 11.3 Å². The average Bonchev–Trinajstić information content (AvgIpc) is 3.28. The number of benzene rings is 1. The van der Waals surface area contributed by atoms with E-state index in [1.807, 2.05) is 21.0 Å². The predicted octanol–water partition coefficient (Wildman–Crippen LogP) is 3.04. The first-order chi connectivity index (χ1) is 12.2. The molecule has 0 aliphatic carbocycles. The molecule has 2 aromatic rings. The Morgan fingerprint density at radius 2 is 2.16 bits per heavy atom. The van der Waals surface area contributed by atoms with E-state index in [1.165, 1.54) is 11.3 Å². The Morgan fingerprint density at radius 3 is 2.84 bits per heavy atom. The fourth-order valence-electron chi connectivity index (χ4n) is 2.92. The normalized spacial score (nSPS) is 14.2. The number of nitrogens with zero attached hydrogens (tertiary/aromatic N) is 4. The molecular formula is C19H25N5S. The fraction of sp³-hybridized carbons (Fsp3) is 0.368. The van der Waals surface area contributed by atoms with Crippen molar-refractivity contribution in [1.29, 1.82) is 0 Å². The molecule has 25 heavy (non-hydrogen) atoms. The second kappa shape index (κ2) is 8.16. The van der Waals surface area contributed by atoms with E-state index in [9.17, 15) is 0 Å². The molecule has 3 rings (SSSR count). The van der Waals surface area contributed by atoms with Crippen LogP contribution in [0.15, 0.2) is 46.8 Å². The summed E-state index contributed by atoms with van der Waals surface area (Å²) in [5, 5.41) is 6.65. The lowest BCUT2D eigenvalue weighted by Gasteiger charge is -2.22. The van der Waals surface area contributed by atoms with E-state index < -0.39 is 0 Å². The van der Waals surface area contributed by atoms with Gasteiger partial charge in [0.05, 0.1) is 17.2 Å². The third-order valence-electron chi connectivity index (χ3n) is 4.18. The summed E-state index contributed by atoms with van der Waals surface area (Å²) < 4.78 is 0. The van der Waals surface area contributed by atoms with Gasteiger partial charge in [-0.25, -0.2) is 4.98 Å². The van der Waals surface area contributed by atoms with E-state index in [1.54, 1.807) is 11.3 Å². The molecule has 1 aromatic heterocycles. The summed E-state index contributed by atoms with van der Waals surface area (Å²) in [6.45, 7) is 5.53. The molecular weight excluding hydrogens is 330 g/mol. The smallest absolute Gasteiger partial charge is 0.194 e. The van der Waals surface area contributed by atoms with Crippen molar-refractivity contribution in [2.24, 2.45) is 4.99 Å². The van der Waals surface area contributed by atoms with Crippen LogP contribution in [0.5, 0.6) is 0 Å². The number of guanidine groups is 1. The topological polar surface area (TPSA) is 43.8 Å². The Labute approximate surface area is 153 Å². The highest BCUT2D eigenvalue weighted by atomic mass is 32.1. The van der Waals surface area contributed by atoms with Crippen LogP contribution in [-0.2, 0) is 13.1 Å². The van der Waals surface area contributed by atoms with Gasteiger partial charge in [-0.1, -0.05) is 24.3 Å². The van der Waals surface area contributed by atoms with E-state index >= 15 is 0 Å². The largest absolute Gasteiger partial charge is 0.364 e. The van der Waals surface area contributed by atoms with Crippen molar-refractivity contribution in [1.82, 2.24) is 15.2 Å². The molecule has 132 valence electrons. The number of nitrogens with one attached hydrogen (secondary N) is 1. The number of hydrogen-bond donors (Lipinski definition) is 1. The lowest BCUT2D eigenvalue weighted by molar-refractivity contribution is 0.470. The maximum absolute atomic E-state index is 4.52. The van der Waals surface area contributed by atoms with Gasteiger partial charge in [0.15, 0.2) is 5.96 Å². The maximum Gasteiger partial charge on any atom is 0.194 e. The summed E-state index contributed by atoms with van der Waals surface area (Å²) in [7, 11) is 3.85. The summed E-state index contributed by atoms with van der Waals surface area (Å²) >= 11 is 1.68. The van der Waals surface area contributed by atoms with Crippen molar-refractivity contribution in [3.8, 4) is 0 Å². The second-order valence-electron chi connectivity index (χ2n) is 6.16. The van der Waals surface area contributed by atoms with Crippen molar-refractivity contribution in [2.45, 2.75) is 20.0 Å². The highest BCUT2D eigenvalue weighted by Crippen LogP contribution is 2.18. The molecule has 1 aliphatic heterocycles. The summed E-state index contributed by atoms with van der Waals surface area (Å²) in [6, 6.07) is 8.69. The quantitative estimate of drug-likeness (QED) is 0.509. The van der Waals surface area contributed by atoms with Crippen molar-refractivity contribution >= 4 is 23.0 Å². The SMILES string of the molecule is CN=C(NCc1cccc(N2CC=CC2)c1)N(C)Cc1csc(C)n1. The van der Waals surface area contributed by atoms with E-state index in [0.29, 0.717) is 0 Å². The number of anilines is 1. The molecule has 0 spiro atoms. The van der Waals surface area contributed by atoms with Gasteiger partial charge in [-0.2, -0.15) is 0 Å². The van der Waals surface area contributed by atoms with Gasteiger partial charge in [0, 0.05) is 44.8 Å². The van der Waals surface area contributed by atoms with Crippen LogP contribution in [0.3, 0.4) is 0 Å². The zero-order valence-corrected chi connectivity index (χ0v) is 15.9. The Bertz CT molecular complexity index is 757. The van der Waals surface area contributed by atoms with Gasteiger partial charge in [0.1, 0.15) is 0 Å².